The monoisotopic (exact) mass is 551 g/mol. The fourth-order valence-corrected chi connectivity index (χ4v) is 2.88. The molecule has 0 radical (unpaired) electrons. The number of hydrogen-bond acceptors (Lipinski definition) is 6. The number of rotatable bonds is 10. The molecule has 0 fully saturated rings. The first-order valence-electron chi connectivity index (χ1n) is 10.3. The highest BCUT2D eigenvalue weighted by Gasteiger charge is 2.07. The number of aromatic nitrogens is 2. The third kappa shape index (κ3) is 7.70. The largest absolute Gasteiger partial charge is 0.497 e. The van der Waals surface area contributed by atoms with Crippen LogP contribution in [0.1, 0.15) is 18.3 Å². The summed E-state index contributed by atoms with van der Waals surface area (Å²) in [6.45, 7) is 3.94. The molecule has 3 aromatic rings. The summed E-state index contributed by atoms with van der Waals surface area (Å²) in [5, 5.41) is 10.5. The van der Waals surface area contributed by atoms with Crippen LogP contribution in [0.15, 0.2) is 58.0 Å². The Labute approximate surface area is 205 Å². The van der Waals surface area contributed by atoms with Gasteiger partial charge in [-0.2, -0.15) is 4.98 Å². The predicted molar refractivity (Wildman–Crippen MR) is 136 cm³/mol. The van der Waals surface area contributed by atoms with E-state index >= 15 is 0 Å². The highest BCUT2D eigenvalue weighted by Crippen LogP contribution is 2.18. The van der Waals surface area contributed by atoms with Crippen LogP contribution >= 0.6 is 24.0 Å². The molecule has 2 aromatic carbocycles. The topological polar surface area (TPSA) is 93.8 Å². The van der Waals surface area contributed by atoms with Gasteiger partial charge >= 0.3 is 0 Å². The lowest BCUT2D eigenvalue weighted by atomic mass is 10.1. The zero-order chi connectivity index (χ0) is 21.9. The van der Waals surface area contributed by atoms with Crippen LogP contribution in [-0.2, 0) is 12.8 Å². The van der Waals surface area contributed by atoms with Crippen LogP contribution in [-0.4, -0.2) is 50.0 Å². The van der Waals surface area contributed by atoms with Gasteiger partial charge in [0.2, 0.25) is 0 Å². The molecule has 0 aliphatic rings. The van der Waals surface area contributed by atoms with Gasteiger partial charge in [0.15, 0.2) is 11.8 Å². The van der Waals surface area contributed by atoms with Gasteiger partial charge < -0.3 is 24.6 Å². The molecule has 0 unspecified atom stereocenters. The lowest BCUT2D eigenvalue weighted by Gasteiger charge is -2.13. The van der Waals surface area contributed by atoms with Crippen LogP contribution < -0.4 is 20.1 Å². The number of nitrogens with one attached hydrogen (secondary N) is 2. The average molecular weight is 551 g/mol. The average Bonchev–Trinajstić information content (AvgIpc) is 3.31. The molecular weight excluding hydrogens is 521 g/mol. The molecule has 9 heteroatoms. The maximum Gasteiger partial charge on any atom is 0.257 e. The molecular formula is C23H30IN5O3. The summed E-state index contributed by atoms with van der Waals surface area (Å²) < 4.78 is 16.1. The quantitative estimate of drug-likeness (QED) is 0.172. The second kappa shape index (κ2) is 13.6. The summed E-state index contributed by atoms with van der Waals surface area (Å²) in [6, 6.07) is 15.7. The van der Waals surface area contributed by atoms with Gasteiger partial charge in [0.25, 0.3) is 5.89 Å². The van der Waals surface area contributed by atoms with Crippen LogP contribution in [0.5, 0.6) is 11.5 Å². The predicted octanol–water partition coefficient (Wildman–Crippen LogP) is 3.71. The second-order valence-electron chi connectivity index (χ2n) is 6.77. The molecule has 0 aliphatic carbocycles. The third-order valence-electron chi connectivity index (χ3n) is 4.64. The van der Waals surface area contributed by atoms with Gasteiger partial charge in [0.1, 0.15) is 18.1 Å². The van der Waals surface area contributed by atoms with Crippen molar-refractivity contribution in [2.45, 2.75) is 19.8 Å². The summed E-state index contributed by atoms with van der Waals surface area (Å²) >= 11 is 0. The number of aliphatic imine (C=N–C) groups is 1. The van der Waals surface area contributed by atoms with E-state index in [1.54, 1.807) is 14.2 Å². The Kier molecular flexibility index (Phi) is 10.8. The van der Waals surface area contributed by atoms with Gasteiger partial charge in [-0.05, 0) is 48.4 Å². The maximum atomic E-state index is 5.71. The molecule has 172 valence electrons. The normalized spacial score (nSPS) is 10.9. The van der Waals surface area contributed by atoms with Crippen molar-refractivity contribution in [3.05, 3.63) is 59.9 Å². The Balaban J connectivity index is 0.00000363. The number of hydrogen-bond donors (Lipinski definition) is 2. The van der Waals surface area contributed by atoms with Crippen molar-refractivity contribution in [3.63, 3.8) is 0 Å². The Hall–Kier alpha value is -2.82. The van der Waals surface area contributed by atoms with Crippen molar-refractivity contribution in [1.82, 2.24) is 20.8 Å². The van der Waals surface area contributed by atoms with E-state index in [0.717, 1.165) is 48.2 Å². The van der Waals surface area contributed by atoms with Crippen LogP contribution in [0.2, 0.25) is 0 Å². The fourth-order valence-electron chi connectivity index (χ4n) is 2.88. The molecule has 2 N–H and O–H groups in total. The Morgan fingerprint density at radius 1 is 1.00 bits per heavy atom. The third-order valence-corrected chi connectivity index (χ3v) is 4.64. The van der Waals surface area contributed by atoms with Gasteiger partial charge in [0.05, 0.1) is 13.7 Å². The van der Waals surface area contributed by atoms with E-state index in [9.17, 15) is 0 Å². The van der Waals surface area contributed by atoms with Gasteiger partial charge in [-0.25, -0.2) is 0 Å². The second-order valence-corrected chi connectivity index (χ2v) is 6.77. The first-order chi connectivity index (χ1) is 15.2. The van der Waals surface area contributed by atoms with E-state index in [-0.39, 0.29) is 24.0 Å². The van der Waals surface area contributed by atoms with Crippen LogP contribution in [0.4, 0.5) is 0 Å². The Bertz CT molecular complexity index is 959. The molecule has 0 amide bonds. The van der Waals surface area contributed by atoms with Crippen molar-refractivity contribution in [2.75, 3.05) is 33.9 Å². The Morgan fingerprint density at radius 2 is 1.69 bits per heavy atom. The number of ether oxygens (including phenoxy) is 2. The van der Waals surface area contributed by atoms with Crippen molar-refractivity contribution in [1.29, 1.82) is 0 Å². The minimum atomic E-state index is 0. The van der Waals surface area contributed by atoms with Gasteiger partial charge in [-0.15, -0.1) is 24.0 Å². The van der Waals surface area contributed by atoms with Crippen LogP contribution in [0.3, 0.4) is 0 Å². The zero-order valence-corrected chi connectivity index (χ0v) is 21.0. The van der Waals surface area contributed by atoms with Gasteiger partial charge in [-0.1, -0.05) is 24.2 Å². The molecule has 0 aliphatic heterocycles. The number of nitrogens with zero attached hydrogens (tertiary/aromatic N) is 3. The first-order valence-corrected chi connectivity index (χ1v) is 10.3. The smallest absolute Gasteiger partial charge is 0.257 e. The minimum absolute atomic E-state index is 0. The van der Waals surface area contributed by atoms with E-state index in [4.69, 9.17) is 14.0 Å². The number of methoxy groups -OCH3 is 1. The van der Waals surface area contributed by atoms with Crippen molar-refractivity contribution in [3.8, 4) is 23.0 Å². The van der Waals surface area contributed by atoms with Crippen LogP contribution in [0.25, 0.3) is 11.5 Å². The molecule has 0 atom stereocenters. The molecule has 0 saturated carbocycles. The standard InChI is InChI=1S/C23H29N5O3.HI/c1-4-21-27-22(31-28-21)18-7-5-17(6-8-18)13-14-25-23(24-2)26-15-16-30-20-11-9-19(29-3)10-12-20;/h5-12H,4,13-16H2,1-3H3,(H2,24,25,26);1H. The number of aryl methyl sites for hydroxylation is 1. The Morgan fingerprint density at radius 3 is 2.31 bits per heavy atom. The molecule has 0 saturated heterocycles. The van der Waals surface area contributed by atoms with Gasteiger partial charge in [0, 0.05) is 25.6 Å². The SMILES string of the molecule is CCc1noc(-c2ccc(CCNC(=NC)NCCOc3ccc(OC)cc3)cc2)n1.I. The lowest BCUT2D eigenvalue weighted by Crippen LogP contribution is -2.40. The summed E-state index contributed by atoms with van der Waals surface area (Å²) in [5.74, 6) is 3.64. The summed E-state index contributed by atoms with van der Waals surface area (Å²) in [4.78, 5) is 8.60. The van der Waals surface area contributed by atoms with E-state index in [1.165, 1.54) is 5.56 Å². The lowest BCUT2D eigenvalue weighted by molar-refractivity contribution is 0.321. The van der Waals surface area contributed by atoms with E-state index in [1.807, 2.05) is 43.3 Å². The molecule has 32 heavy (non-hydrogen) atoms. The zero-order valence-electron chi connectivity index (χ0n) is 18.6. The molecule has 0 spiro atoms. The number of halogens is 1. The molecule has 1 heterocycles. The van der Waals surface area contributed by atoms with Gasteiger partial charge in [-0.3, -0.25) is 4.99 Å². The molecule has 8 nitrogen and oxygen atoms in total. The summed E-state index contributed by atoms with van der Waals surface area (Å²) in [7, 11) is 3.40. The highest BCUT2D eigenvalue weighted by atomic mass is 127. The molecule has 1 aromatic heterocycles. The maximum absolute atomic E-state index is 5.71. The van der Waals surface area contributed by atoms with Crippen molar-refractivity contribution < 1.29 is 14.0 Å². The van der Waals surface area contributed by atoms with E-state index in [0.29, 0.717) is 19.0 Å². The van der Waals surface area contributed by atoms with Crippen LogP contribution in [0, 0.1) is 0 Å². The number of guanidine groups is 1. The first kappa shape index (κ1) is 25.4. The summed E-state index contributed by atoms with van der Waals surface area (Å²) in [6.07, 6.45) is 1.63. The molecule has 3 rings (SSSR count). The van der Waals surface area contributed by atoms with Crippen molar-refractivity contribution >= 4 is 29.9 Å². The fraction of sp³-hybridized carbons (Fsp3) is 0.348. The van der Waals surface area contributed by atoms with E-state index < -0.39 is 0 Å². The van der Waals surface area contributed by atoms with E-state index in [2.05, 4.69) is 37.9 Å². The highest BCUT2D eigenvalue weighted by molar-refractivity contribution is 14.0. The molecule has 0 bridgehead atoms. The van der Waals surface area contributed by atoms with Crippen molar-refractivity contribution in [2.24, 2.45) is 4.99 Å². The minimum Gasteiger partial charge on any atom is -0.497 e. The summed E-state index contributed by atoms with van der Waals surface area (Å²) in [5.41, 5.74) is 2.14. The number of benzene rings is 2.